The van der Waals surface area contributed by atoms with Crippen LogP contribution in [0, 0.1) is 0 Å². The van der Waals surface area contributed by atoms with E-state index in [1.807, 2.05) is 6.92 Å². The molecule has 5 heteroatoms. The number of aliphatic hydroxyl groups is 1. The number of hydrogen-bond donors (Lipinski definition) is 1. The summed E-state index contributed by atoms with van der Waals surface area (Å²) in [7, 11) is 0. The van der Waals surface area contributed by atoms with Crippen LogP contribution in [-0.2, 0) is 19.7 Å². The molecule has 0 aliphatic rings. The van der Waals surface area contributed by atoms with Crippen LogP contribution in [0.1, 0.15) is 92.4 Å². The average molecular weight is 331 g/mol. The molecule has 5 nitrogen and oxygen atoms in total. The Hall–Kier alpha value is -0.650. The number of ether oxygens (including phenoxy) is 1. The van der Waals surface area contributed by atoms with Gasteiger partial charge in [-0.1, -0.05) is 46.0 Å². The van der Waals surface area contributed by atoms with Crippen molar-refractivity contribution in [2.45, 2.75) is 110 Å². The van der Waals surface area contributed by atoms with E-state index in [1.165, 1.54) is 0 Å². The van der Waals surface area contributed by atoms with Crippen LogP contribution in [0.25, 0.3) is 0 Å². The van der Waals surface area contributed by atoms with Crippen LogP contribution in [0.2, 0.25) is 0 Å². The van der Waals surface area contributed by atoms with Crippen LogP contribution >= 0.6 is 0 Å². The van der Waals surface area contributed by atoms with Crippen molar-refractivity contribution in [1.29, 1.82) is 0 Å². The van der Waals surface area contributed by atoms with Crippen molar-refractivity contribution in [2.75, 3.05) is 0 Å². The molecule has 137 valence electrons. The van der Waals surface area contributed by atoms with E-state index >= 15 is 0 Å². The number of rotatable bonds is 13. The van der Waals surface area contributed by atoms with Crippen molar-refractivity contribution in [2.24, 2.45) is 0 Å². The molecule has 23 heavy (non-hydrogen) atoms. The van der Waals surface area contributed by atoms with Crippen molar-refractivity contribution >= 4 is 5.97 Å². The van der Waals surface area contributed by atoms with Crippen LogP contribution in [0.4, 0.5) is 0 Å². The third-order valence-electron chi connectivity index (χ3n) is 4.06. The monoisotopic (exact) mass is 331 g/mol. The van der Waals surface area contributed by atoms with E-state index < -0.39 is 23.3 Å². The molecule has 0 aromatic heterocycles. The summed E-state index contributed by atoms with van der Waals surface area (Å²) in [5.74, 6) is -0.594. The lowest BCUT2D eigenvalue weighted by atomic mass is 9.89. The molecule has 2 atom stereocenters. The summed E-state index contributed by atoms with van der Waals surface area (Å²) in [5, 5.41) is 20.9. The average Bonchev–Trinajstić information content (AvgIpc) is 2.45. The lowest BCUT2D eigenvalue weighted by molar-refractivity contribution is -0.371. The Morgan fingerprint density at radius 2 is 1.61 bits per heavy atom. The fourth-order valence-corrected chi connectivity index (χ4v) is 2.84. The minimum Gasteiger partial charge on any atom is -0.457 e. The van der Waals surface area contributed by atoms with Gasteiger partial charge >= 0.3 is 5.97 Å². The molecule has 0 heterocycles. The van der Waals surface area contributed by atoms with Crippen molar-refractivity contribution in [3.63, 3.8) is 0 Å². The van der Waals surface area contributed by atoms with Crippen LogP contribution in [0.3, 0.4) is 0 Å². The van der Waals surface area contributed by atoms with Crippen LogP contribution in [0.15, 0.2) is 0 Å². The fourth-order valence-electron chi connectivity index (χ4n) is 2.84. The van der Waals surface area contributed by atoms with Crippen molar-refractivity contribution in [1.82, 2.24) is 0 Å². The SMILES string of the molecule is CCCCCCC(CCCC)(O[O])C(=O)OC(C)(C)CC(C)O. The van der Waals surface area contributed by atoms with Crippen molar-refractivity contribution in [3.8, 4) is 0 Å². The quantitative estimate of drug-likeness (QED) is 0.236. The van der Waals surface area contributed by atoms with E-state index in [1.54, 1.807) is 20.8 Å². The molecule has 1 N–H and O–H groups in total. The maximum Gasteiger partial charge on any atom is 0.342 e. The van der Waals surface area contributed by atoms with Gasteiger partial charge in [0.15, 0.2) is 0 Å². The molecular formula is C18H35O5. The Morgan fingerprint density at radius 1 is 1.04 bits per heavy atom. The fraction of sp³-hybridized carbons (Fsp3) is 0.944. The summed E-state index contributed by atoms with van der Waals surface area (Å²) in [6.45, 7) is 9.25. The first kappa shape index (κ1) is 22.4. The molecule has 0 spiro atoms. The van der Waals surface area contributed by atoms with Gasteiger partial charge in [0.05, 0.1) is 6.10 Å². The Bertz CT molecular complexity index is 327. The van der Waals surface area contributed by atoms with Crippen molar-refractivity contribution < 1.29 is 24.8 Å². The number of aliphatic hydroxyl groups excluding tert-OH is 1. The number of esters is 1. The molecule has 0 bridgehead atoms. The smallest absolute Gasteiger partial charge is 0.342 e. The Balaban J connectivity index is 4.96. The van der Waals surface area contributed by atoms with Gasteiger partial charge in [-0.25, -0.2) is 4.79 Å². The van der Waals surface area contributed by atoms with Crippen LogP contribution < -0.4 is 0 Å². The second-order valence-electron chi connectivity index (χ2n) is 7.19. The van der Waals surface area contributed by atoms with E-state index in [4.69, 9.17) is 4.74 Å². The zero-order chi connectivity index (χ0) is 17.9. The minimum atomic E-state index is -1.40. The van der Waals surface area contributed by atoms with E-state index in [9.17, 15) is 15.2 Å². The van der Waals surface area contributed by atoms with Gasteiger partial charge in [0, 0.05) is 6.42 Å². The largest absolute Gasteiger partial charge is 0.457 e. The summed E-state index contributed by atoms with van der Waals surface area (Å²) < 4.78 is 5.54. The molecule has 2 unspecified atom stereocenters. The maximum absolute atomic E-state index is 12.6. The van der Waals surface area contributed by atoms with Gasteiger partial charge in [0.2, 0.25) is 5.60 Å². The third kappa shape index (κ3) is 8.68. The first-order chi connectivity index (χ1) is 10.7. The van der Waals surface area contributed by atoms with Crippen molar-refractivity contribution in [3.05, 3.63) is 0 Å². The molecule has 0 aromatic carbocycles. The highest BCUT2D eigenvalue weighted by molar-refractivity contribution is 5.79. The molecule has 1 radical (unpaired) electrons. The zero-order valence-corrected chi connectivity index (χ0v) is 15.5. The summed E-state index contributed by atoms with van der Waals surface area (Å²) >= 11 is 0. The summed E-state index contributed by atoms with van der Waals surface area (Å²) in [6.07, 6.45) is 6.02. The van der Waals surface area contributed by atoms with Crippen LogP contribution in [-0.4, -0.2) is 28.4 Å². The lowest BCUT2D eigenvalue weighted by Crippen LogP contribution is -2.46. The Kier molecular flexibility index (Phi) is 10.7. The van der Waals surface area contributed by atoms with E-state index in [0.717, 1.165) is 38.5 Å². The zero-order valence-electron chi connectivity index (χ0n) is 15.5. The predicted octanol–water partition coefficient (Wildman–Crippen LogP) is 4.34. The first-order valence-corrected chi connectivity index (χ1v) is 8.95. The molecule has 0 rings (SSSR count). The van der Waals surface area contributed by atoms with Gasteiger partial charge in [-0.2, -0.15) is 4.89 Å². The highest BCUT2D eigenvalue weighted by Crippen LogP contribution is 2.30. The standard InChI is InChI=1S/C18H35O5/c1-6-8-10-11-13-18(23-21,12-9-7-2)16(20)22-17(4,5)14-15(3)19/h15,19H,6-14H2,1-5H3. The van der Waals surface area contributed by atoms with Gasteiger partial charge in [0.1, 0.15) is 5.60 Å². The number of unbranched alkanes of at least 4 members (excludes halogenated alkanes) is 4. The molecule has 0 saturated heterocycles. The molecule has 0 fully saturated rings. The van der Waals surface area contributed by atoms with Gasteiger partial charge < -0.3 is 9.84 Å². The molecule has 0 aliphatic carbocycles. The predicted molar refractivity (Wildman–Crippen MR) is 89.3 cm³/mol. The van der Waals surface area contributed by atoms with E-state index in [2.05, 4.69) is 11.8 Å². The topological polar surface area (TPSA) is 75.7 Å². The summed E-state index contributed by atoms with van der Waals surface area (Å²) in [6, 6.07) is 0. The Morgan fingerprint density at radius 3 is 2.09 bits per heavy atom. The number of carbonyl (C=O) groups is 1. The number of hydrogen-bond acceptors (Lipinski definition) is 4. The Labute approximate surface area is 141 Å². The maximum atomic E-state index is 12.6. The second-order valence-corrected chi connectivity index (χ2v) is 7.19. The lowest BCUT2D eigenvalue weighted by Gasteiger charge is -2.33. The second kappa shape index (κ2) is 11.0. The van der Waals surface area contributed by atoms with Gasteiger partial charge in [-0.3, -0.25) is 0 Å². The molecule has 0 saturated carbocycles. The van der Waals surface area contributed by atoms with Gasteiger partial charge in [0.25, 0.3) is 0 Å². The van der Waals surface area contributed by atoms with E-state index in [-0.39, 0.29) is 0 Å². The normalized spacial score (nSPS) is 16.0. The molecule has 0 amide bonds. The number of carbonyl (C=O) groups excluding carboxylic acids is 1. The molecule has 0 aromatic rings. The van der Waals surface area contributed by atoms with Crippen LogP contribution in [0.5, 0.6) is 0 Å². The molecular weight excluding hydrogens is 296 g/mol. The first-order valence-electron chi connectivity index (χ1n) is 8.95. The highest BCUT2D eigenvalue weighted by Gasteiger charge is 2.44. The highest BCUT2D eigenvalue weighted by atomic mass is 17.1. The summed E-state index contributed by atoms with van der Waals surface area (Å²) in [4.78, 5) is 17.1. The van der Waals surface area contributed by atoms with E-state index in [0.29, 0.717) is 19.3 Å². The molecule has 0 aliphatic heterocycles. The minimum absolute atomic E-state index is 0.317. The third-order valence-corrected chi connectivity index (χ3v) is 4.06. The van der Waals surface area contributed by atoms with Gasteiger partial charge in [-0.05, 0) is 45.3 Å². The van der Waals surface area contributed by atoms with Gasteiger partial charge in [-0.15, -0.1) is 0 Å². The summed E-state index contributed by atoms with van der Waals surface area (Å²) in [5.41, 5.74) is -2.23.